The van der Waals surface area contributed by atoms with E-state index in [1.54, 1.807) is 0 Å². The normalized spacial score (nSPS) is 13.8. The Morgan fingerprint density at radius 3 is 2.17 bits per heavy atom. The summed E-state index contributed by atoms with van der Waals surface area (Å²) in [5, 5.41) is 3.18. The van der Waals surface area contributed by atoms with Gasteiger partial charge in [-0.25, -0.2) is 0 Å². The van der Waals surface area contributed by atoms with Crippen molar-refractivity contribution < 1.29 is 14.3 Å². The molecule has 0 radical (unpaired) electrons. The van der Waals surface area contributed by atoms with Crippen LogP contribution in [0.3, 0.4) is 0 Å². The molecule has 1 aliphatic rings. The molecule has 0 spiro atoms. The smallest absolute Gasteiger partial charge is 0.251 e. The highest BCUT2D eigenvalue weighted by molar-refractivity contribution is 5.95. The molecule has 3 aromatic carbocycles. The first-order valence-electron chi connectivity index (χ1n) is 9.98. The summed E-state index contributed by atoms with van der Waals surface area (Å²) in [6.45, 7) is 5.30. The summed E-state index contributed by atoms with van der Waals surface area (Å²) in [5.41, 5.74) is 3.89. The number of ether oxygens (including phenoxy) is 2. The molecule has 0 saturated heterocycles. The van der Waals surface area contributed by atoms with Crippen LogP contribution >= 0.6 is 0 Å². The number of rotatable bonds is 5. The van der Waals surface area contributed by atoms with Gasteiger partial charge in [0.15, 0.2) is 11.5 Å². The third-order valence-corrected chi connectivity index (χ3v) is 5.13. The number of hydrogen-bond acceptors (Lipinski definition) is 3. The Labute approximate surface area is 171 Å². The molecule has 1 N–H and O–H groups in total. The maximum Gasteiger partial charge on any atom is 0.251 e. The minimum absolute atomic E-state index is 0.0850. The number of nitrogens with one attached hydrogen (secondary N) is 1. The van der Waals surface area contributed by atoms with E-state index in [4.69, 9.17) is 9.47 Å². The Kier molecular flexibility index (Phi) is 5.52. The summed E-state index contributed by atoms with van der Waals surface area (Å²) in [7, 11) is 0. The molecule has 1 unspecified atom stereocenters. The Morgan fingerprint density at radius 2 is 1.48 bits per heavy atom. The van der Waals surface area contributed by atoms with Gasteiger partial charge in [0.25, 0.3) is 5.91 Å². The second kappa shape index (κ2) is 8.39. The fourth-order valence-electron chi connectivity index (χ4n) is 3.56. The Balaban J connectivity index is 1.52. The minimum atomic E-state index is -0.118. The molecule has 4 nitrogen and oxygen atoms in total. The zero-order valence-electron chi connectivity index (χ0n) is 16.7. The standard InChI is InChI=1S/C25H25NO3/c1-17(2)24(21-12-13-22-23(16-21)29-15-14-28-22)26-25(27)20-10-8-19(9-11-20)18-6-4-3-5-7-18/h3-13,16-17,24H,14-15H2,1-2H3,(H,26,27). The van der Waals surface area contributed by atoms with Gasteiger partial charge in [-0.3, -0.25) is 4.79 Å². The van der Waals surface area contributed by atoms with Gasteiger partial charge in [-0.15, -0.1) is 0 Å². The number of fused-ring (bicyclic) bond motifs is 1. The molecule has 0 fully saturated rings. The maximum absolute atomic E-state index is 12.9. The van der Waals surface area contributed by atoms with E-state index in [1.165, 1.54) is 0 Å². The van der Waals surface area contributed by atoms with Crippen LogP contribution in [0, 0.1) is 5.92 Å². The molecule has 29 heavy (non-hydrogen) atoms. The molecule has 1 heterocycles. The second-order valence-electron chi connectivity index (χ2n) is 7.54. The van der Waals surface area contributed by atoms with Gasteiger partial charge >= 0.3 is 0 Å². The molecule has 1 atom stereocenters. The van der Waals surface area contributed by atoms with Crippen LogP contribution in [-0.2, 0) is 0 Å². The van der Waals surface area contributed by atoms with Crippen molar-refractivity contribution in [2.24, 2.45) is 5.92 Å². The van der Waals surface area contributed by atoms with Gasteiger partial charge in [-0.05, 0) is 46.9 Å². The van der Waals surface area contributed by atoms with Gasteiger partial charge in [0.1, 0.15) is 13.2 Å². The van der Waals surface area contributed by atoms with E-state index in [1.807, 2.05) is 60.7 Å². The van der Waals surface area contributed by atoms with Crippen LogP contribution in [0.15, 0.2) is 72.8 Å². The van der Waals surface area contributed by atoms with Crippen LogP contribution in [0.1, 0.15) is 35.8 Å². The highest BCUT2D eigenvalue weighted by atomic mass is 16.6. The fraction of sp³-hybridized carbons (Fsp3) is 0.240. The average molecular weight is 387 g/mol. The topological polar surface area (TPSA) is 47.6 Å². The van der Waals surface area contributed by atoms with E-state index in [0.29, 0.717) is 18.8 Å². The van der Waals surface area contributed by atoms with Gasteiger partial charge in [0.2, 0.25) is 0 Å². The fourth-order valence-corrected chi connectivity index (χ4v) is 3.56. The van der Waals surface area contributed by atoms with Crippen LogP contribution in [0.2, 0.25) is 0 Å². The summed E-state index contributed by atoms with van der Waals surface area (Å²) in [4.78, 5) is 12.9. The first-order valence-corrected chi connectivity index (χ1v) is 9.98. The minimum Gasteiger partial charge on any atom is -0.486 e. The zero-order valence-corrected chi connectivity index (χ0v) is 16.7. The molecular formula is C25H25NO3. The summed E-state index contributed by atoms with van der Waals surface area (Å²) >= 11 is 0. The lowest BCUT2D eigenvalue weighted by Gasteiger charge is -2.25. The second-order valence-corrected chi connectivity index (χ2v) is 7.54. The van der Waals surface area contributed by atoms with Crippen LogP contribution in [0.4, 0.5) is 0 Å². The molecule has 0 aliphatic carbocycles. The van der Waals surface area contributed by atoms with E-state index < -0.39 is 0 Å². The Bertz CT molecular complexity index is 981. The van der Waals surface area contributed by atoms with Crippen molar-refractivity contribution >= 4 is 5.91 Å². The molecule has 1 aliphatic heterocycles. The molecular weight excluding hydrogens is 362 g/mol. The van der Waals surface area contributed by atoms with E-state index in [0.717, 1.165) is 28.2 Å². The molecule has 3 aromatic rings. The average Bonchev–Trinajstić information content (AvgIpc) is 2.77. The largest absolute Gasteiger partial charge is 0.486 e. The van der Waals surface area contributed by atoms with Crippen LogP contribution in [0.5, 0.6) is 11.5 Å². The van der Waals surface area contributed by atoms with E-state index >= 15 is 0 Å². The summed E-state index contributed by atoms with van der Waals surface area (Å²) in [5.74, 6) is 1.63. The SMILES string of the molecule is CC(C)C(NC(=O)c1ccc(-c2ccccc2)cc1)c1ccc2c(c1)OCCO2. The highest BCUT2D eigenvalue weighted by Gasteiger charge is 2.22. The van der Waals surface area contributed by atoms with E-state index in [2.05, 4.69) is 31.3 Å². The number of amides is 1. The van der Waals surface area contributed by atoms with Gasteiger partial charge in [0, 0.05) is 5.56 Å². The van der Waals surface area contributed by atoms with Crippen molar-refractivity contribution in [3.8, 4) is 22.6 Å². The number of carbonyl (C=O) groups excluding carboxylic acids is 1. The Hall–Kier alpha value is -3.27. The first kappa shape index (κ1) is 19.1. The Morgan fingerprint density at radius 1 is 0.828 bits per heavy atom. The van der Waals surface area contributed by atoms with Crippen molar-refractivity contribution in [2.45, 2.75) is 19.9 Å². The zero-order chi connectivity index (χ0) is 20.2. The number of carbonyl (C=O) groups is 1. The molecule has 0 aromatic heterocycles. The van der Waals surface area contributed by atoms with Crippen LogP contribution in [-0.4, -0.2) is 19.1 Å². The molecule has 1 amide bonds. The van der Waals surface area contributed by atoms with Crippen LogP contribution < -0.4 is 14.8 Å². The van der Waals surface area contributed by atoms with Gasteiger partial charge in [0.05, 0.1) is 6.04 Å². The third-order valence-electron chi connectivity index (χ3n) is 5.13. The lowest BCUT2D eigenvalue weighted by atomic mass is 9.95. The predicted octanol–water partition coefficient (Wildman–Crippen LogP) is 5.25. The summed E-state index contributed by atoms with van der Waals surface area (Å²) in [6, 6.07) is 23.6. The summed E-state index contributed by atoms with van der Waals surface area (Å²) < 4.78 is 11.3. The highest BCUT2D eigenvalue weighted by Crippen LogP contribution is 2.34. The number of hydrogen-bond donors (Lipinski definition) is 1. The molecule has 148 valence electrons. The summed E-state index contributed by atoms with van der Waals surface area (Å²) in [6.07, 6.45) is 0. The van der Waals surface area contributed by atoms with Crippen molar-refractivity contribution in [1.29, 1.82) is 0 Å². The lowest BCUT2D eigenvalue weighted by Crippen LogP contribution is -2.31. The van der Waals surface area contributed by atoms with E-state index in [9.17, 15) is 4.79 Å². The lowest BCUT2D eigenvalue weighted by molar-refractivity contribution is 0.0925. The van der Waals surface area contributed by atoms with Gasteiger partial charge in [-0.2, -0.15) is 0 Å². The van der Waals surface area contributed by atoms with Crippen molar-refractivity contribution in [2.75, 3.05) is 13.2 Å². The quantitative estimate of drug-likeness (QED) is 0.650. The molecule has 4 heteroatoms. The monoisotopic (exact) mass is 387 g/mol. The third kappa shape index (κ3) is 4.27. The van der Waals surface area contributed by atoms with Crippen molar-refractivity contribution in [3.63, 3.8) is 0 Å². The number of benzene rings is 3. The van der Waals surface area contributed by atoms with Crippen molar-refractivity contribution in [1.82, 2.24) is 5.32 Å². The molecule has 4 rings (SSSR count). The molecule has 0 saturated carbocycles. The first-order chi connectivity index (χ1) is 14.1. The van der Waals surface area contributed by atoms with Crippen LogP contribution in [0.25, 0.3) is 11.1 Å². The van der Waals surface area contributed by atoms with Crippen molar-refractivity contribution in [3.05, 3.63) is 83.9 Å². The van der Waals surface area contributed by atoms with Gasteiger partial charge in [-0.1, -0.05) is 62.4 Å². The molecule has 0 bridgehead atoms. The van der Waals surface area contributed by atoms with Gasteiger partial charge < -0.3 is 14.8 Å². The maximum atomic E-state index is 12.9. The van der Waals surface area contributed by atoms with E-state index in [-0.39, 0.29) is 17.9 Å². The predicted molar refractivity (Wildman–Crippen MR) is 114 cm³/mol.